The minimum atomic E-state index is -0.617. The van der Waals surface area contributed by atoms with E-state index in [4.69, 9.17) is 0 Å². The number of carbonyl (C=O) groups is 1. The van der Waals surface area contributed by atoms with Gasteiger partial charge in [0, 0.05) is 25.9 Å². The van der Waals surface area contributed by atoms with E-state index in [1.165, 1.54) is 16.7 Å². The largest absolute Gasteiger partial charge is 0.392 e. The van der Waals surface area contributed by atoms with Crippen molar-refractivity contribution in [3.8, 4) is 0 Å². The molecule has 4 nitrogen and oxygen atoms in total. The van der Waals surface area contributed by atoms with Crippen LogP contribution in [0.2, 0.25) is 0 Å². The highest BCUT2D eigenvalue weighted by Crippen LogP contribution is 2.35. The van der Waals surface area contributed by atoms with Crippen molar-refractivity contribution in [1.82, 2.24) is 10.2 Å². The molecule has 0 spiro atoms. The van der Waals surface area contributed by atoms with Crippen molar-refractivity contribution in [1.29, 1.82) is 0 Å². The molecule has 0 fully saturated rings. The number of nitrogens with one attached hydrogen (secondary N) is 1. The number of aliphatic hydroxyl groups excluding tert-OH is 1. The van der Waals surface area contributed by atoms with E-state index in [9.17, 15) is 9.90 Å². The van der Waals surface area contributed by atoms with E-state index < -0.39 is 11.6 Å². The number of carbonyl (C=O) groups excluding carboxylic acids is 1. The average molecular weight is 338 g/mol. The Kier molecular flexibility index (Phi) is 5.21. The van der Waals surface area contributed by atoms with E-state index in [0.29, 0.717) is 19.4 Å². The van der Waals surface area contributed by atoms with Crippen molar-refractivity contribution < 1.29 is 9.90 Å². The first-order valence-electron chi connectivity index (χ1n) is 8.79. The number of likely N-dealkylation sites (N-methyl/N-ethyl adjacent to an activating group) is 1. The molecule has 0 saturated heterocycles. The smallest absolute Gasteiger partial charge is 0.241 e. The predicted molar refractivity (Wildman–Crippen MR) is 99.2 cm³/mol. The molecule has 1 amide bonds. The molecule has 4 heteroatoms. The van der Waals surface area contributed by atoms with Crippen LogP contribution in [0, 0.1) is 0 Å². The van der Waals surface area contributed by atoms with Gasteiger partial charge in [-0.05, 0) is 30.7 Å². The Balaban J connectivity index is 1.86. The van der Waals surface area contributed by atoms with Gasteiger partial charge >= 0.3 is 0 Å². The first-order chi connectivity index (χ1) is 12.0. The fourth-order valence-corrected chi connectivity index (χ4v) is 3.61. The zero-order chi connectivity index (χ0) is 17.9. The number of nitrogens with zero attached hydrogens (tertiary/aromatic N) is 1. The first-order valence-corrected chi connectivity index (χ1v) is 8.79. The van der Waals surface area contributed by atoms with E-state index in [1.807, 2.05) is 37.4 Å². The molecule has 0 heterocycles. The molecule has 1 aliphatic carbocycles. The molecule has 1 atom stereocenters. The molecule has 25 heavy (non-hydrogen) atoms. The minimum absolute atomic E-state index is 0.0111. The van der Waals surface area contributed by atoms with Crippen LogP contribution in [0.4, 0.5) is 0 Å². The van der Waals surface area contributed by atoms with Crippen molar-refractivity contribution in [3.63, 3.8) is 0 Å². The Bertz CT molecular complexity index is 703. The van der Waals surface area contributed by atoms with Crippen LogP contribution in [0.1, 0.15) is 23.6 Å². The van der Waals surface area contributed by atoms with Crippen LogP contribution in [-0.2, 0) is 24.2 Å². The van der Waals surface area contributed by atoms with Gasteiger partial charge in [0.2, 0.25) is 5.91 Å². The fraction of sp³-hybridized carbons (Fsp3) is 0.381. The highest BCUT2D eigenvalue weighted by Gasteiger charge is 2.46. The van der Waals surface area contributed by atoms with E-state index in [-0.39, 0.29) is 12.5 Å². The predicted octanol–water partition coefficient (Wildman–Crippen LogP) is 2.15. The molecular weight excluding hydrogens is 312 g/mol. The lowest BCUT2D eigenvalue weighted by molar-refractivity contribution is -0.133. The van der Waals surface area contributed by atoms with Gasteiger partial charge in [0.05, 0.1) is 6.10 Å². The zero-order valence-corrected chi connectivity index (χ0v) is 14.9. The summed E-state index contributed by atoms with van der Waals surface area (Å²) in [4.78, 5) is 15.3. The number of rotatable bonds is 6. The van der Waals surface area contributed by atoms with Gasteiger partial charge in [-0.3, -0.25) is 9.69 Å². The van der Waals surface area contributed by atoms with E-state index >= 15 is 0 Å². The summed E-state index contributed by atoms with van der Waals surface area (Å²) in [7, 11) is 2.01. The van der Waals surface area contributed by atoms with Gasteiger partial charge in [-0.2, -0.15) is 0 Å². The van der Waals surface area contributed by atoms with Crippen LogP contribution in [0.5, 0.6) is 0 Å². The number of fused-ring (bicyclic) bond motifs is 1. The Labute approximate surface area is 149 Å². The van der Waals surface area contributed by atoms with Crippen LogP contribution in [0.15, 0.2) is 54.6 Å². The SMILES string of the molecule is C[C@H](O)CNC(=O)C1(N(C)Cc2ccccc2)Cc2ccccc2C1. The number of aliphatic hydroxyl groups is 1. The second-order valence-corrected chi connectivity index (χ2v) is 7.05. The first kappa shape index (κ1) is 17.6. The summed E-state index contributed by atoms with van der Waals surface area (Å²) in [5.74, 6) is -0.0111. The molecule has 0 aliphatic heterocycles. The normalized spacial score (nSPS) is 16.5. The Morgan fingerprint density at radius 1 is 1.12 bits per heavy atom. The fourth-order valence-electron chi connectivity index (χ4n) is 3.61. The third-order valence-electron chi connectivity index (χ3n) is 5.06. The monoisotopic (exact) mass is 338 g/mol. The lowest BCUT2D eigenvalue weighted by Crippen LogP contribution is -2.58. The zero-order valence-electron chi connectivity index (χ0n) is 14.9. The van der Waals surface area contributed by atoms with Gasteiger partial charge < -0.3 is 10.4 Å². The molecule has 0 saturated carbocycles. The quantitative estimate of drug-likeness (QED) is 0.849. The molecular formula is C21H26N2O2. The minimum Gasteiger partial charge on any atom is -0.392 e. The van der Waals surface area contributed by atoms with Crippen molar-refractivity contribution in [3.05, 3.63) is 71.3 Å². The van der Waals surface area contributed by atoms with E-state index in [1.54, 1.807) is 6.92 Å². The number of hydrogen-bond donors (Lipinski definition) is 2. The molecule has 0 radical (unpaired) electrons. The molecule has 1 aliphatic rings. The maximum absolute atomic E-state index is 13.1. The molecule has 3 rings (SSSR count). The van der Waals surface area contributed by atoms with Gasteiger partial charge in [0.25, 0.3) is 0 Å². The Morgan fingerprint density at radius 2 is 1.68 bits per heavy atom. The van der Waals surface area contributed by atoms with Gasteiger partial charge in [-0.1, -0.05) is 54.6 Å². The third-order valence-corrected chi connectivity index (χ3v) is 5.06. The van der Waals surface area contributed by atoms with Crippen LogP contribution in [0.3, 0.4) is 0 Å². The summed E-state index contributed by atoms with van der Waals surface area (Å²) in [6.45, 7) is 2.66. The Morgan fingerprint density at radius 3 is 2.24 bits per heavy atom. The summed E-state index contributed by atoms with van der Waals surface area (Å²) in [6, 6.07) is 18.5. The molecule has 0 bridgehead atoms. The molecule has 2 aromatic carbocycles. The highest BCUT2D eigenvalue weighted by molar-refractivity contribution is 5.88. The van der Waals surface area contributed by atoms with Gasteiger partial charge in [0.1, 0.15) is 5.54 Å². The van der Waals surface area contributed by atoms with E-state index in [0.717, 1.165) is 0 Å². The second-order valence-electron chi connectivity index (χ2n) is 7.05. The van der Waals surface area contributed by atoms with Crippen LogP contribution in [0.25, 0.3) is 0 Å². The highest BCUT2D eigenvalue weighted by atomic mass is 16.3. The van der Waals surface area contributed by atoms with Crippen LogP contribution in [-0.4, -0.2) is 41.1 Å². The van der Waals surface area contributed by atoms with Crippen molar-refractivity contribution in [2.45, 2.75) is 38.0 Å². The summed E-state index contributed by atoms with van der Waals surface area (Å²) in [6.07, 6.45) is 0.834. The molecule has 132 valence electrons. The van der Waals surface area contributed by atoms with Gasteiger partial charge in [0.15, 0.2) is 0 Å². The molecule has 0 aromatic heterocycles. The van der Waals surface area contributed by atoms with Crippen molar-refractivity contribution in [2.24, 2.45) is 0 Å². The van der Waals surface area contributed by atoms with Gasteiger partial charge in [-0.15, -0.1) is 0 Å². The topological polar surface area (TPSA) is 52.6 Å². The van der Waals surface area contributed by atoms with Gasteiger partial charge in [-0.25, -0.2) is 0 Å². The van der Waals surface area contributed by atoms with Crippen molar-refractivity contribution >= 4 is 5.91 Å². The van der Waals surface area contributed by atoms with E-state index in [2.05, 4.69) is 34.5 Å². The summed E-state index contributed by atoms with van der Waals surface area (Å²) >= 11 is 0. The molecule has 2 aromatic rings. The lowest BCUT2D eigenvalue weighted by atomic mass is 9.91. The standard InChI is InChI=1S/C21H26N2O2/c1-16(24)14-22-20(25)21(12-18-10-6-7-11-19(18)13-21)23(2)15-17-8-4-3-5-9-17/h3-11,16,24H,12-15H2,1-2H3,(H,22,25)/t16-/m0/s1. The Hall–Kier alpha value is -2.17. The lowest BCUT2D eigenvalue weighted by Gasteiger charge is -2.37. The molecule has 0 unspecified atom stereocenters. The maximum Gasteiger partial charge on any atom is 0.241 e. The van der Waals surface area contributed by atoms with Crippen LogP contribution >= 0.6 is 0 Å². The van der Waals surface area contributed by atoms with Crippen molar-refractivity contribution in [2.75, 3.05) is 13.6 Å². The third kappa shape index (κ3) is 3.75. The summed E-state index contributed by atoms with van der Waals surface area (Å²) in [5, 5.41) is 12.5. The number of hydrogen-bond acceptors (Lipinski definition) is 3. The average Bonchev–Trinajstić information content (AvgIpc) is 3.01. The maximum atomic E-state index is 13.1. The summed E-state index contributed by atoms with van der Waals surface area (Å²) < 4.78 is 0. The number of benzene rings is 2. The van der Waals surface area contributed by atoms with Crippen LogP contribution < -0.4 is 5.32 Å². The molecule has 2 N–H and O–H groups in total. The summed E-state index contributed by atoms with van der Waals surface area (Å²) in [5.41, 5.74) is 3.03. The second kappa shape index (κ2) is 7.38. The number of amides is 1.